The highest BCUT2D eigenvalue weighted by molar-refractivity contribution is 5.99. The lowest BCUT2D eigenvalue weighted by Crippen LogP contribution is -2.66. The van der Waals surface area contributed by atoms with Crippen LogP contribution in [0.1, 0.15) is 41.0 Å². The molecule has 3 atom stereocenters. The van der Waals surface area contributed by atoms with Gasteiger partial charge in [0.15, 0.2) is 0 Å². The Hall–Kier alpha value is -1.88. The Kier molecular flexibility index (Phi) is 3.24. The zero-order valence-corrected chi connectivity index (χ0v) is 12.3. The molecule has 1 aromatic carbocycles. The van der Waals surface area contributed by atoms with Crippen molar-refractivity contribution in [2.75, 3.05) is 6.61 Å². The number of fused-ring (bicyclic) bond motifs is 1. The maximum atomic E-state index is 12.4. The fraction of sp³-hybridized carbons (Fsp3) is 0.500. The highest BCUT2D eigenvalue weighted by atomic mass is 16.5. The maximum Gasteiger partial charge on any atom is 0.251 e. The highest BCUT2D eigenvalue weighted by Gasteiger charge is 2.59. The topological polar surface area (TPSA) is 81.4 Å². The average molecular weight is 288 g/mol. The fourth-order valence-corrected chi connectivity index (χ4v) is 3.66. The van der Waals surface area contributed by atoms with Crippen LogP contribution in [-0.4, -0.2) is 30.6 Å². The number of amides is 2. The van der Waals surface area contributed by atoms with Crippen LogP contribution in [0.2, 0.25) is 0 Å². The van der Waals surface area contributed by atoms with E-state index in [2.05, 4.69) is 19.2 Å². The third-order valence-electron chi connectivity index (χ3n) is 4.80. The zero-order valence-electron chi connectivity index (χ0n) is 12.3. The third-order valence-corrected chi connectivity index (χ3v) is 4.80. The Morgan fingerprint density at radius 2 is 2.05 bits per heavy atom. The van der Waals surface area contributed by atoms with Crippen molar-refractivity contribution in [2.45, 2.75) is 32.4 Å². The van der Waals surface area contributed by atoms with Gasteiger partial charge < -0.3 is 15.8 Å². The molecule has 3 N–H and O–H groups in total. The van der Waals surface area contributed by atoms with Crippen LogP contribution in [0.15, 0.2) is 24.3 Å². The summed E-state index contributed by atoms with van der Waals surface area (Å²) in [4.78, 5) is 23.6. The van der Waals surface area contributed by atoms with Gasteiger partial charge >= 0.3 is 0 Å². The van der Waals surface area contributed by atoms with E-state index >= 15 is 0 Å². The quantitative estimate of drug-likeness (QED) is 0.880. The first-order valence-electron chi connectivity index (χ1n) is 7.23. The number of hydrogen-bond donors (Lipinski definition) is 2. The number of nitrogens with two attached hydrogens (primary N) is 1. The van der Waals surface area contributed by atoms with Crippen LogP contribution in [0.5, 0.6) is 0 Å². The Morgan fingerprint density at radius 3 is 2.76 bits per heavy atom. The van der Waals surface area contributed by atoms with Gasteiger partial charge in [0.05, 0.1) is 6.10 Å². The molecule has 5 heteroatoms. The van der Waals surface area contributed by atoms with E-state index in [0.29, 0.717) is 17.0 Å². The number of carbonyl (C=O) groups excluding carboxylic acids is 2. The van der Waals surface area contributed by atoms with Crippen LogP contribution in [0.4, 0.5) is 0 Å². The minimum atomic E-state index is -0.530. The van der Waals surface area contributed by atoms with Crippen LogP contribution in [0, 0.1) is 11.3 Å². The second-order valence-corrected chi connectivity index (χ2v) is 6.46. The SMILES string of the molecule is CC1(C)C(NC(=O)c2cccc(C(N)=O)c2)C2CCOC21. The van der Waals surface area contributed by atoms with Gasteiger partial charge in [0.25, 0.3) is 5.91 Å². The van der Waals surface area contributed by atoms with Gasteiger partial charge in [-0.3, -0.25) is 9.59 Å². The smallest absolute Gasteiger partial charge is 0.251 e. The van der Waals surface area contributed by atoms with Gasteiger partial charge in [-0.1, -0.05) is 19.9 Å². The van der Waals surface area contributed by atoms with Crippen molar-refractivity contribution in [1.82, 2.24) is 5.32 Å². The number of hydrogen-bond acceptors (Lipinski definition) is 3. The number of rotatable bonds is 3. The molecule has 3 unspecified atom stereocenters. The average Bonchev–Trinajstić information content (AvgIpc) is 2.91. The van der Waals surface area contributed by atoms with Crippen molar-refractivity contribution in [2.24, 2.45) is 17.1 Å². The molecule has 2 fully saturated rings. The number of primary amides is 1. The second-order valence-electron chi connectivity index (χ2n) is 6.46. The lowest BCUT2D eigenvalue weighted by atomic mass is 9.57. The molecule has 1 heterocycles. The molecule has 112 valence electrons. The summed E-state index contributed by atoms with van der Waals surface area (Å²) in [5.74, 6) is -0.303. The summed E-state index contributed by atoms with van der Waals surface area (Å²) in [5.41, 5.74) is 6.00. The van der Waals surface area contributed by atoms with Crippen molar-refractivity contribution in [3.8, 4) is 0 Å². The van der Waals surface area contributed by atoms with Gasteiger partial charge in [-0.05, 0) is 24.6 Å². The summed E-state index contributed by atoms with van der Waals surface area (Å²) >= 11 is 0. The minimum Gasteiger partial charge on any atom is -0.377 e. The van der Waals surface area contributed by atoms with E-state index in [0.717, 1.165) is 13.0 Å². The van der Waals surface area contributed by atoms with Gasteiger partial charge in [0.1, 0.15) is 0 Å². The van der Waals surface area contributed by atoms with E-state index in [1.54, 1.807) is 18.2 Å². The summed E-state index contributed by atoms with van der Waals surface area (Å²) in [6.45, 7) is 5.00. The summed E-state index contributed by atoms with van der Waals surface area (Å²) in [6, 6.07) is 6.60. The summed E-state index contributed by atoms with van der Waals surface area (Å²) < 4.78 is 5.72. The van der Waals surface area contributed by atoms with Gasteiger partial charge in [0, 0.05) is 35.1 Å². The molecule has 2 amide bonds. The predicted octanol–water partition coefficient (Wildman–Crippen LogP) is 1.33. The molecule has 1 saturated heterocycles. The van der Waals surface area contributed by atoms with E-state index in [1.807, 2.05) is 0 Å². The normalized spacial score (nSPS) is 29.3. The van der Waals surface area contributed by atoms with Crippen molar-refractivity contribution >= 4 is 11.8 Å². The first kappa shape index (κ1) is 14.1. The van der Waals surface area contributed by atoms with Crippen LogP contribution in [0.3, 0.4) is 0 Å². The monoisotopic (exact) mass is 288 g/mol. The molecule has 0 aromatic heterocycles. The minimum absolute atomic E-state index is 0.0574. The number of benzene rings is 1. The van der Waals surface area contributed by atoms with Crippen LogP contribution in [-0.2, 0) is 4.74 Å². The third kappa shape index (κ3) is 2.21. The van der Waals surface area contributed by atoms with Crippen molar-refractivity contribution in [3.05, 3.63) is 35.4 Å². The lowest BCUT2D eigenvalue weighted by Gasteiger charge is -2.54. The van der Waals surface area contributed by atoms with Gasteiger partial charge in [0.2, 0.25) is 5.91 Å². The summed E-state index contributed by atoms with van der Waals surface area (Å²) in [7, 11) is 0. The van der Waals surface area contributed by atoms with Crippen LogP contribution in [0.25, 0.3) is 0 Å². The van der Waals surface area contributed by atoms with Crippen molar-refractivity contribution in [3.63, 3.8) is 0 Å². The first-order valence-corrected chi connectivity index (χ1v) is 7.23. The molecule has 2 aliphatic rings. The molecule has 1 aromatic rings. The molecule has 1 saturated carbocycles. The van der Waals surface area contributed by atoms with Gasteiger partial charge in [-0.15, -0.1) is 0 Å². The first-order chi connectivity index (χ1) is 9.91. The Bertz CT molecular complexity index is 597. The molecular formula is C16H20N2O3. The number of nitrogens with one attached hydrogen (secondary N) is 1. The standard InChI is InChI=1S/C16H20N2O3/c1-16(2)12(11-6-7-21-13(11)16)18-15(20)10-5-3-4-9(8-10)14(17)19/h3-5,8,11-13H,6-7H2,1-2H3,(H2,17,19)(H,18,20). The molecule has 0 radical (unpaired) electrons. The fourth-order valence-electron chi connectivity index (χ4n) is 3.66. The van der Waals surface area contributed by atoms with E-state index in [-0.39, 0.29) is 23.5 Å². The molecule has 21 heavy (non-hydrogen) atoms. The van der Waals surface area contributed by atoms with E-state index in [1.165, 1.54) is 6.07 Å². The second kappa shape index (κ2) is 4.84. The van der Waals surface area contributed by atoms with Crippen molar-refractivity contribution < 1.29 is 14.3 Å². The summed E-state index contributed by atoms with van der Waals surface area (Å²) in [6.07, 6.45) is 1.22. The number of ether oxygens (including phenoxy) is 1. The van der Waals surface area contributed by atoms with E-state index in [9.17, 15) is 9.59 Å². The molecular weight excluding hydrogens is 268 g/mol. The molecule has 1 aliphatic heterocycles. The maximum absolute atomic E-state index is 12.4. The zero-order chi connectivity index (χ0) is 15.2. The molecule has 0 spiro atoms. The Balaban J connectivity index is 1.75. The lowest BCUT2D eigenvalue weighted by molar-refractivity contribution is -0.108. The Morgan fingerprint density at radius 1 is 1.33 bits per heavy atom. The molecule has 5 nitrogen and oxygen atoms in total. The summed E-state index contributed by atoms with van der Waals surface area (Å²) in [5, 5.41) is 3.09. The molecule has 1 aliphatic carbocycles. The Labute approximate surface area is 123 Å². The molecule has 3 rings (SSSR count). The van der Waals surface area contributed by atoms with E-state index < -0.39 is 5.91 Å². The largest absolute Gasteiger partial charge is 0.377 e. The van der Waals surface area contributed by atoms with Crippen molar-refractivity contribution in [1.29, 1.82) is 0 Å². The number of carbonyl (C=O) groups is 2. The van der Waals surface area contributed by atoms with E-state index in [4.69, 9.17) is 10.5 Å². The van der Waals surface area contributed by atoms with Crippen LogP contribution < -0.4 is 11.1 Å². The van der Waals surface area contributed by atoms with Gasteiger partial charge in [-0.25, -0.2) is 0 Å². The molecule has 0 bridgehead atoms. The predicted molar refractivity (Wildman–Crippen MR) is 77.8 cm³/mol. The highest BCUT2D eigenvalue weighted by Crippen LogP contribution is 2.52. The van der Waals surface area contributed by atoms with Crippen LogP contribution >= 0.6 is 0 Å². The van der Waals surface area contributed by atoms with Gasteiger partial charge in [-0.2, -0.15) is 0 Å².